The van der Waals surface area contributed by atoms with Crippen LogP contribution in [0.2, 0.25) is 5.02 Å². The molecule has 0 aliphatic heterocycles. The molecule has 29 heavy (non-hydrogen) atoms. The number of nitrogens with one attached hydrogen (secondary N) is 1. The Bertz CT molecular complexity index is 848. The first-order chi connectivity index (χ1) is 13.8. The lowest BCUT2D eigenvalue weighted by molar-refractivity contribution is -0.119. The summed E-state index contributed by atoms with van der Waals surface area (Å²) in [6, 6.07) is 12.5. The van der Waals surface area contributed by atoms with Crippen LogP contribution < -0.4 is 20.5 Å². The smallest absolute Gasteiger partial charge is 0.255 e. The minimum Gasteiger partial charge on any atom is -0.493 e. The van der Waals surface area contributed by atoms with Gasteiger partial charge in [0.15, 0.2) is 18.1 Å². The number of hydrogen-bond donors (Lipinski definition) is 2. The summed E-state index contributed by atoms with van der Waals surface area (Å²) in [5, 5.41) is 3.72. The van der Waals surface area contributed by atoms with Crippen molar-refractivity contribution < 1.29 is 19.1 Å². The van der Waals surface area contributed by atoms with E-state index >= 15 is 0 Å². The molecule has 2 rings (SSSR count). The molecule has 0 saturated heterocycles. The predicted molar refractivity (Wildman–Crippen MR) is 114 cm³/mol. The average molecular weight is 419 g/mol. The van der Waals surface area contributed by atoms with E-state index in [2.05, 4.69) is 19.2 Å². The molecule has 0 aliphatic rings. The molecular formula is C22H27ClN2O4. The molecular weight excluding hydrogens is 392 g/mol. The molecule has 2 amide bonds. The maximum absolute atomic E-state index is 12.8. The maximum atomic E-state index is 12.8. The molecule has 0 radical (unpaired) electrons. The van der Waals surface area contributed by atoms with Gasteiger partial charge in [-0.25, -0.2) is 0 Å². The van der Waals surface area contributed by atoms with E-state index in [0.717, 1.165) is 18.4 Å². The summed E-state index contributed by atoms with van der Waals surface area (Å²) >= 11 is 6.02. The zero-order valence-corrected chi connectivity index (χ0v) is 17.7. The summed E-state index contributed by atoms with van der Waals surface area (Å²) in [6.45, 7) is 4.44. The van der Waals surface area contributed by atoms with Gasteiger partial charge in [0.2, 0.25) is 0 Å². The van der Waals surface area contributed by atoms with Gasteiger partial charge in [0.05, 0.1) is 7.11 Å². The van der Waals surface area contributed by atoms with Crippen molar-refractivity contribution in [1.82, 2.24) is 5.32 Å². The van der Waals surface area contributed by atoms with Crippen LogP contribution in [-0.4, -0.2) is 32.1 Å². The number of primary amides is 1. The number of methoxy groups -OCH3 is 1. The van der Waals surface area contributed by atoms with E-state index in [0.29, 0.717) is 28.6 Å². The third-order valence-corrected chi connectivity index (χ3v) is 5.45. The van der Waals surface area contributed by atoms with Crippen LogP contribution in [0.15, 0.2) is 42.5 Å². The van der Waals surface area contributed by atoms with Crippen molar-refractivity contribution in [2.45, 2.75) is 32.1 Å². The summed E-state index contributed by atoms with van der Waals surface area (Å²) in [6.07, 6.45) is 1.74. The Morgan fingerprint density at radius 3 is 2.28 bits per heavy atom. The van der Waals surface area contributed by atoms with Gasteiger partial charge in [0, 0.05) is 22.5 Å². The molecule has 7 heteroatoms. The van der Waals surface area contributed by atoms with Gasteiger partial charge in [-0.05, 0) is 48.7 Å². The normalized spacial score (nSPS) is 11.0. The van der Waals surface area contributed by atoms with Crippen LogP contribution in [0.1, 0.15) is 42.6 Å². The molecule has 0 fully saturated rings. The quantitative estimate of drug-likeness (QED) is 0.615. The fourth-order valence-electron chi connectivity index (χ4n) is 3.24. The lowest BCUT2D eigenvalue weighted by atomic mass is 9.75. The Hall–Kier alpha value is -2.73. The number of benzene rings is 2. The molecule has 0 saturated carbocycles. The van der Waals surface area contributed by atoms with Crippen molar-refractivity contribution in [3.8, 4) is 11.5 Å². The van der Waals surface area contributed by atoms with E-state index in [4.69, 9.17) is 26.8 Å². The van der Waals surface area contributed by atoms with Crippen LogP contribution in [0, 0.1) is 0 Å². The molecule has 0 bridgehead atoms. The highest BCUT2D eigenvalue weighted by Crippen LogP contribution is 2.32. The van der Waals surface area contributed by atoms with Crippen LogP contribution in [-0.2, 0) is 10.2 Å². The highest BCUT2D eigenvalue weighted by Gasteiger charge is 2.29. The van der Waals surface area contributed by atoms with Crippen LogP contribution >= 0.6 is 11.6 Å². The number of halogens is 1. The van der Waals surface area contributed by atoms with E-state index in [-0.39, 0.29) is 17.9 Å². The van der Waals surface area contributed by atoms with Gasteiger partial charge < -0.3 is 20.5 Å². The van der Waals surface area contributed by atoms with Crippen LogP contribution in [0.5, 0.6) is 11.5 Å². The van der Waals surface area contributed by atoms with Gasteiger partial charge in [0.25, 0.3) is 11.8 Å². The van der Waals surface area contributed by atoms with Crippen molar-refractivity contribution in [3.63, 3.8) is 0 Å². The number of amides is 2. The molecule has 2 aromatic rings. The second-order valence-electron chi connectivity index (χ2n) is 6.80. The summed E-state index contributed by atoms with van der Waals surface area (Å²) in [5.41, 5.74) is 6.49. The molecule has 156 valence electrons. The summed E-state index contributed by atoms with van der Waals surface area (Å²) in [5.74, 6) is -0.106. The highest BCUT2D eigenvalue weighted by atomic mass is 35.5. The highest BCUT2D eigenvalue weighted by molar-refractivity contribution is 6.30. The van der Waals surface area contributed by atoms with Gasteiger partial charge in [-0.3, -0.25) is 9.59 Å². The third kappa shape index (κ3) is 5.64. The number of nitrogens with two attached hydrogens (primary N) is 1. The molecule has 0 atom stereocenters. The van der Waals surface area contributed by atoms with Gasteiger partial charge in [-0.1, -0.05) is 37.6 Å². The largest absolute Gasteiger partial charge is 0.493 e. The topological polar surface area (TPSA) is 90.6 Å². The predicted octanol–water partition coefficient (Wildman–Crippen LogP) is 3.70. The van der Waals surface area contributed by atoms with Gasteiger partial charge in [-0.2, -0.15) is 0 Å². The zero-order valence-electron chi connectivity index (χ0n) is 17.0. The summed E-state index contributed by atoms with van der Waals surface area (Å²) in [4.78, 5) is 23.7. The number of carbonyl (C=O) groups is 2. The van der Waals surface area contributed by atoms with Crippen molar-refractivity contribution >= 4 is 23.4 Å². The molecule has 0 spiro atoms. The van der Waals surface area contributed by atoms with Gasteiger partial charge in [-0.15, -0.1) is 0 Å². The van der Waals surface area contributed by atoms with E-state index < -0.39 is 5.91 Å². The first-order valence-electron chi connectivity index (χ1n) is 9.48. The minimum absolute atomic E-state index is 0.186. The molecule has 0 aliphatic carbocycles. The van der Waals surface area contributed by atoms with Gasteiger partial charge in [0.1, 0.15) is 0 Å². The van der Waals surface area contributed by atoms with Crippen molar-refractivity contribution in [2.24, 2.45) is 5.73 Å². The van der Waals surface area contributed by atoms with Crippen molar-refractivity contribution in [1.29, 1.82) is 0 Å². The van der Waals surface area contributed by atoms with Crippen LogP contribution in [0.4, 0.5) is 0 Å². The van der Waals surface area contributed by atoms with Crippen LogP contribution in [0.25, 0.3) is 0 Å². The second kappa shape index (κ2) is 10.2. The Labute approximate surface area is 176 Å². The second-order valence-corrected chi connectivity index (χ2v) is 7.23. The molecule has 0 aromatic heterocycles. The van der Waals surface area contributed by atoms with Crippen molar-refractivity contribution in [2.75, 3.05) is 20.3 Å². The van der Waals surface area contributed by atoms with E-state index in [1.807, 2.05) is 24.3 Å². The molecule has 0 unspecified atom stereocenters. The van der Waals surface area contributed by atoms with Gasteiger partial charge >= 0.3 is 0 Å². The maximum Gasteiger partial charge on any atom is 0.255 e. The van der Waals surface area contributed by atoms with E-state index in [9.17, 15) is 9.59 Å². The Morgan fingerprint density at radius 2 is 1.72 bits per heavy atom. The minimum atomic E-state index is -0.591. The SMILES string of the molecule is CCC(CC)(CNC(=O)c1ccc(OCC(N)=O)c(OC)c1)c1ccc(Cl)cc1. The Morgan fingerprint density at radius 1 is 1.07 bits per heavy atom. The molecule has 0 heterocycles. The molecule has 2 aromatic carbocycles. The van der Waals surface area contributed by atoms with E-state index in [1.54, 1.807) is 18.2 Å². The van der Waals surface area contributed by atoms with Crippen LogP contribution in [0.3, 0.4) is 0 Å². The number of rotatable bonds is 10. The first kappa shape index (κ1) is 22.6. The Kier molecular flexibility index (Phi) is 7.91. The monoisotopic (exact) mass is 418 g/mol. The molecule has 6 nitrogen and oxygen atoms in total. The summed E-state index contributed by atoms with van der Waals surface area (Å²) < 4.78 is 10.6. The third-order valence-electron chi connectivity index (χ3n) is 5.19. The fourth-order valence-corrected chi connectivity index (χ4v) is 3.37. The lowest BCUT2D eigenvalue weighted by Gasteiger charge is -2.32. The first-order valence-corrected chi connectivity index (χ1v) is 9.86. The lowest BCUT2D eigenvalue weighted by Crippen LogP contribution is -2.40. The molecule has 3 N–H and O–H groups in total. The summed E-state index contributed by atoms with van der Waals surface area (Å²) in [7, 11) is 1.47. The van der Waals surface area contributed by atoms with Crippen molar-refractivity contribution in [3.05, 3.63) is 58.6 Å². The fraction of sp³-hybridized carbons (Fsp3) is 0.364. The number of ether oxygens (including phenoxy) is 2. The number of hydrogen-bond acceptors (Lipinski definition) is 4. The Balaban J connectivity index is 2.15. The zero-order chi connectivity index (χ0) is 21.4. The average Bonchev–Trinajstić information content (AvgIpc) is 2.73. The van der Waals surface area contributed by atoms with E-state index in [1.165, 1.54) is 7.11 Å². The standard InChI is InChI=1S/C22H27ClN2O4/c1-4-22(5-2,16-7-9-17(23)10-8-16)14-25-21(27)15-6-11-18(19(12-15)28-3)29-13-20(24)26/h6-12H,4-5,13-14H2,1-3H3,(H2,24,26)(H,25,27). The number of carbonyl (C=O) groups excluding carboxylic acids is 2.